The maximum atomic E-state index is 12.6. The Labute approximate surface area is 139 Å². The SMILES string of the molecule is CCOC(=O)[C@H](N)[C@]1(N2CCOCC2)C[C@H]2CC[C@@]1(C)C2(C)C. The van der Waals surface area contributed by atoms with Crippen LogP contribution in [0.4, 0.5) is 0 Å². The molecule has 2 bridgehead atoms. The van der Waals surface area contributed by atoms with E-state index in [1.165, 1.54) is 6.42 Å². The van der Waals surface area contributed by atoms with E-state index in [0.29, 0.717) is 12.5 Å². The molecule has 5 nitrogen and oxygen atoms in total. The van der Waals surface area contributed by atoms with Crippen molar-refractivity contribution in [3.63, 3.8) is 0 Å². The average molecular weight is 324 g/mol. The zero-order valence-electron chi connectivity index (χ0n) is 15.1. The minimum atomic E-state index is -0.588. The van der Waals surface area contributed by atoms with Gasteiger partial charge in [-0.3, -0.25) is 9.69 Å². The molecule has 23 heavy (non-hydrogen) atoms. The van der Waals surface area contributed by atoms with E-state index >= 15 is 0 Å². The van der Waals surface area contributed by atoms with E-state index in [4.69, 9.17) is 15.2 Å². The summed E-state index contributed by atoms with van der Waals surface area (Å²) in [4.78, 5) is 15.1. The van der Waals surface area contributed by atoms with E-state index in [0.717, 1.165) is 39.1 Å². The minimum absolute atomic E-state index is 0.0220. The second-order valence-corrected chi connectivity index (χ2v) is 8.25. The van der Waals surface area contributed by atoms with Crippen LogP contribution in [0.5, 0.6) is 0 Å². The lowest BCUT2D eigenvalue weighted by Gasteiger charge is -2.57. The van der Waals surface area contributed by atoms with Gasteiger partial charge in [0.1, 0.15) is 6.04 Å². The predicted octanol–water partition coefficient (Wildman–Crippen LogP) is 1.79. The summed E-state index contributed by atoms with van der Waals surface area (Å²) in [5.41, 5.74) is 6.51. The van der Waals surface area contributed by atoms with Gasteiger partial charge >= 0.3 is 5.97 Å². The fourth-order valence-corrected chi connectivity index (χ4v) is 5.86. The number of rotatable bonds is 4. The van der Waals surface area contributed by atoms with Crippen LogP contribution < -0.4 is 5.73 Å². The van der Waals surface area contributed by atoms with Crippen molar-refractivity contribution in [2.75, 3.05) is 32.9 Å². The molecule has 0 spiro atoms. The van der Waals surface area contributed by atoms with Gasteiger partial charge in [-0.1, -0.05) is 20.8 Å². The molecule has 3 rings (SSSR count). The third kappa shape index (κ3) is 2.12. The Morgan fingerprint density at radius 1 is 1.35 bits per heavy atom. The first-order valence-electron chi connectivity index (χ1n) is 9.06. The van der Waals surface area contributed by atoms with Crippen molar-refractivity contribution in [1.82, 2.24) is 4.90 Å². The molecule has 3 aliphatic rings. The summed E-state index contributed by atoms with van der Waals surface area (Å²) in [6.07, 6.45) is 3.37. The molecule has 2 aliphatic carbocycles. The van der Waals surface area contributed by atoms with Crippen molar-refractivity contribution in [1.29, 1.82) is 0 Å². The first-order chi connectivity index (χ1) is 10.8. The molecule has 2 N–H and O–H groups in total. The summed E-state index contributed by atoms with van der Waals surface area (Å²) < 4.78 is 10.9. The smallest absolute Gasteiger partial charge is 0.324 e. The number of morpholine rings is 1. The molecule has 3 fully saturated rings. The van der Waals surface area contributed by atoms with E-state index in [2.05, 4.69) is 25.7 Å². The Kier molecular flexibility index (Phi) is 4.27. The van der Waals surface area contributed by atoms with Crippen molar-refractivity contribution >= 4 is 5.97 Å². The minimum Gasteiger partial charge on any atom is -0.465 e. The Hall–Kier alpha value is -0.650. The Bertz CT molecular complexity index is 475. The molecule has 2 saturated carbocycles. The highest BCUT2D eigenvalue weighted by Gasteiger charge is 2.73. The number of ether oxygens (including phenoxy) is 2. The quantitative estimate of drug-likeness (QED) is 0.799. The van der Waals surface area contributed by atoms with Crippen LogP contribution in [-0.4, -0.2) is 55.4 Å². The van der Waals surface area contributed by atoms with Gasteiger partial charge in [-0.25, -0.2) is 0 Å². The maximum absolute atomic E-state index is 12.6. The first kappa shape index (κ1) is 17.2. The topological polar surface area (TPSA) is 64.8 Å². The number of fused-ring (bicyclic) bond motifs is 2. The first-order valence-corrected chi connectivity index (χ1v) is 9.06. The number of carbonyl (C=O) groups excluding carboxylic acids is 1. The van der Waals surface area contributed by atoms with Gasteiger partial charge in [-0.15, -0.1) is 0 Å². The number of hydrogen-bond acceptors (Lipinski definition) is 5. The van der Waals surface area contributed by atoms with Gasteiger partial charge < -0.3 is 15.2 Å². The second-order valence-electron chi connectivity index (χ2n) is 8.25. The van der Waals surface area contributed by atoms with E-state index in [1.807, 2.05) is 6.92 Å². The van der Waals surface area contributed by atoms with Crippen LogP contribution in [0.2, 0.25) is 0 Å². The van der Waals surface area contributed by atoms with E-state index in [1.54, 1.807) is 0 Å². The van der Waals surface area contributed by atoms with E-state index in [9.17, 15) is 4.79 Å². The molecule has 4 atom stereocenters. The van der Waals surface area contributed by atoms with Crippen molar-refractivity contribution < 1.29 is 14.3 Å². The van der Waals surface area contributed by atoms with Crippen LogP contribution in [0.15, 0.2) is 0 Å². The lowest BCUT2D eigenvalue weighted by molar-refractivity contribution is -0.159. The molecule has 0 amide bonds. The maximum Gasteiger partial charge on any atom is 0.324 e. The summed E-state index contributed by atoms with van der Waals surface area (Å²) in [5.74, 6) is 0.374. The summed E-state index contributed by atoms with van der Waals surface area (Å²) in [6.45, 7) is 12.5. The van der Waals surface area contributed by atoms with Gasteiger partial charge in [0.2, 0.25) is 0 Å². The molecule has 0 radical (unpaired) electrons. The molecule has 0 aromatic carbocycles. The highest BCUT2D eigenvalue weighted by Crippen LogP contribution is 2.71. The molecular weight excluding hydrogens is 292 g/mol. The number of esters is 1. The van der Waals surface area contributed by atoms with Crippen molar-refractivity contribution in [2.24, 2.45) is 22.5 Å². The van der Waals surface area contributed by atoms with Crippen LogP contribution in [0.3, 0.4) is 0 Å². The summed E-state index contributed by atoms with van der Waals surface area (Å²) in [5, 5.41) is 0. The van der Waals surface area contributed by atoms with Crippen LogP contribution in [0, 0.1) is 16.7 Å². The molecule has 0 unspecified atom stereocenters. The van der Waals surface area contributed by atoms with E-state index < -0.39 is 6.04 Å². The summed E-state index contributed by atoms with van der Waals surface area (Å²) in [6, 6.07) is -0.588. The van der Waals surface area contributed by atoms with Crippen LogP contribution >= 0.6 is 0 Å². The van der Waals surface area contributed by atoms with Gasteiger partial charge in [0.05, 0.1) is 25.4 Å². The molecule has 5 heteroatoms. The zero-order valence-corrected chi connectivity index (χ0v) is 15.1. The summed E-state index contributed by atoms with van der Waals surface area (Å²) >= 11 is 0. The van der Waals surface area contributed by atoms with Crippen LogP contribution in [0.1, 0.15) is 47.0 Å². The zero-order chi connectivity index (χ0) is 16.9. The van der Waals surface area contributed by atoms with Crippen molar-refractivity contribution in [3.05, 3.63) is 0 Å². The van der Waals surface area contributed by atoms with Crippen molar-refractivity contribution in [2.45, 2.75) is 58.5 Å². The second kappa shape index (κ2) is 5.71. The molecule has 132 valence electrons. The molecular formula is C18H32N2O3. The van der Waals surface area contributed by atoms with Gasteiger partial charge in [0.15, 0.2) is 0 Å². The lowest BCUT2D eigenvalue weighted by Crippen LogP contribution is -2.71. The third-order valence-corrected chi connectivity index (χ3v) is 7.58. The monoisotopic (exact) mass is 324 g/mol. The number of carbonyl (C=O) groups is 1. The predicted molar refractivity (Wildman–Crippen MR) is 89.0 cm³/mol. The Balaban J connectivity index is 2.03. The lowest BCUT2D eigenvalue weighted by atomic mass is 9.59. The third-order valence-electron chi connectivity index (χ3n) is 7.58. The average Bonchev–Trinajstić information content (AvgIpc) is 2.87. The van der Waals surface area contributed by atoms with Crippen LogP contribution in [-0.2, 0) is 14.3 Å². The normalized spacial score (nSPS) is 41.0. The molecule has 1 saturated heterocycles. The Morgan fingerprint density at radius 3 is 2.48 bits per heavy atom. The molecule has 0 aromatic heterocycles. The molecule has 1 heterocycles. The number of nitrogens with two attached hydrogens (primary N) is 1. The highest BCUT2D eigenvalue weighted by atomic mass is 16.5. The Morgan fingerprint density at radius 2 is 2.00 bits per heavy atom. The standard InChI is InChI=1S/C18H32N2O3/c1-5-23-15(21)14(19)18(20-8-10-22-11-9-20)12-13-6-7-17(18,4)16(13,2)3/h13-14H,5-12,19H2,1-4H3/t13-,14+,17+,18-/m1/s1. The number of hydrogen-bond donors (Lipinski definition) is 1. The van der Waals surface area contributed by atoms with Crippen molar-refractivity contribution in [3.8, 4) is 0 Å². The largest absolute Gasteiger partial charge is 0.465 e. The fourth-order valence-electron chi connectivity index (χ4n) is 5.86. The molecule has 1 aliphatic heterocycles. The van der Waals surface area contributed by atoms with Gasteiger partial charge in [-0.2, -0.15) is 0 Å². The van der Waals surface area contributed by atoms with Gasteiger partial charge in [0, 0.05) is 13.1 Å². The highest BCUT2D eigenvalue weighted by molar-refractivity contribution is 5.78. The molecule has 0 aromatic rings. The van der Waals surface area contributed by atoms with Gasteiger partial charge in [0.25, 0.3) is 0 Å². The van der Waals surface area contributed by atoms with E-state index in [-0.39, 0.29) is 22.3 Å². The van der Waals surface area contributed by atoms with Crippen LogP contribution in [0.25, 0.3) is 0 Å². The fraction of sp³-hybridized carbons (Fsp3) is 0.944. The number of nitrogens with zero attached hydrogens (tertiary/aromatic N) is 1. The van der Waals surface area contributed by atoms with Gasteiger partial charge in [-0.05, 0) is 42.9 Å². The summed E-state index contributed by atoms with van der Waals surface area (Å²) in [7, 11) is 0.